The number of carbonyl (C=O) groups excluding carboxylic acids is 2. The van der Waals surface area contributed by atoms with Gasteiger partial charge in [-0.25, -0.2) is 0 Å². The summed E-state index contributed by atoms with van der Waals surface area (Å²) in [7, 11) is 0. The summed E-state index contributed by atoms with van der Waals surface area (Å²) in [5.41, 5.74) is 1.35. The third-order valence-corrected chi connectivity index (χ3v) is 8.27. The minimum absolute atomic E-state index is 0.0902. The molecule has 0 amide bonds. The van der Waals surface area contributed by atoms with Crippen LogP contribution in [0.3, 0.4) is 0 Å². The third-order valence-electron chi connectivity index (χ3n) is 8.27. The summed E-state index contributed by atoms with van der Waals surface area (Å²) >= 11 is 0. The standard InChI is InChI=1S/C25H42O5/c1-7-20(30-19(4)28)10-12-24(5,14-15-26)22-11-13-25(6)17(2)8-9-23(25)21(22)16-29-18(3)27/h20-23,26H,2,7-16H2,1,3-6H3/t20-,21-,22?,23?,24+,25-/m1/s1. The summed E-state index contributed by atoms with van der Waals surface area (Å²) in [6.07, 6.45) is 7.35. The first kappa shape index (κ1) is 24.9. The highest BCUT2D eigenvalue weighted by Crippen LogP contribution is 2.61. The fourth-order valence-electron chi connectivity index (χ4n) is 6.33. The van der Waals surface area contributed by atoms with Crippen molar-refractivity contribution in [1.29, 1.82) is 0 Å². The summed E-state index contributed by atoms with van der Waals surface area (Å²) < 4.78 is 11.1. The number of fused-ring (bicyclic) bond motifs is 1. The second-order valence-electron chi connectivity index (χ2n) is 10.1. The van der Waals surface area contributed by atoms with Crippen molar-refractivity contribution in [1.82, 2.24) is 0 Å². The van der Waals surface area contributed by atoms with Gasteiger partial charge in [-0.2, -0.15) is 0 Å². The van der Waals surface area contributed by atoms with Gasteiger partial charge in [0, 0.05) is 26.4 Å². The van der Waals surface area contributed by atoms with E-state index in [-0.39, 0.29) is 41.4 Å². The molecule has 0 saturated heterocycles. The lowest BCUT2D eigenvalue weighted by Gasteiger charge is -2.52. The monoisotopic (exact) mass is 422 g/mol. The zero-order chi connectivity index (χ0) is 22.5. The number of carbonyl (C=O) groups is 2. The first-order valence-corrected chi connectivity index (χ1v) is 11.7. The Morgan fingerprint density at radius 1 is 1.27 bits per heavy atom. The van der Waals surface area contributed by atoms with Crippen molar-refractivity contribution in [3.05, 3.63) is 12.2 Å². The van der Waals surface area contributed by atoms with Crippen LogP contribution in [-0.2, 0) is 19.1 Å². The van der Waals surface area contributed by atoms with Crippen LogP contribution in [0.15, 0.2) is 12.2 Å². The Bertz CT molecular complexity index is 629. The molecule has 172 valence electrons. The highest BCUT2D eigenvalue weighted by atomic mass is 16.5. The zero-order valence-electron chi connectivity index (χ0n) is 19.7. The van der Waals surface area contributed by atoms with Crippen LogP contribution in [0.5, 0.6) is 0 Å². The Morgan fingerprint density at radius 3 is 2.53 bits per heavy atom. The molecule has 0 aliphatic heterocycles. The lowest BCUT2D eigenvalue weighted by Crippen LogP contribution is -2.47. The highest BCUT2D eigenvalue weighted by molar-refractivity contribution is 5.66. The molecule has 5 heteroatoms. The van der Waals surface area contributed by atoms with Crippen LogP contribution in [0.1, 0.15) is 86.0 Å². The van der Waals surface area contributed by atoms with E-state index in [0.29, 0.717) is 24.9 Å². The molecule has 0 spiro atoms. The quantitative estimate of drug-likeness (QED) is 0.393. The van der Waals surface area contributed by atoms with Crippen molar-refractivity contribution in [2.24, 2.45) is 28.6 Å². The average Bonchev–Trinajstić information content (AvgIpc) is 2.98. The molecule has 0 bridgehead atoms. The molecule has 2 aliphatic rings. The minimum Gasteiger partial charge on any atom is -0.466 e. The predicted molar refractivity (Wildman–Crippen MR) is 118 cm³/mol. The molecule has 0 aromatic carbocycles. The number of hydrogen-bond acceptors (Lipinski definition) is 5. The average molecular weight is 423 g/mol. The van der Waals surface area contributed by atoms with E-state index in [1.165, 1.54) is 19.4 Å². The van der Waals surface area contributed by atoms with Gasteiger partial charge >= 0.3 is 11.9 Å². The summed E-state index contributed by atoms with van der Waals surface area (Å²) in [6.45, 7) is 14.5. The third kappa shape index (κ3) is 5.46. The van der Waals surface area contributed by atoms with E-state index in [1.54, 1.807) is 0 Å². The molecule has 2 fully saturated rings. The molecule has 2 aliphatic carbocycles. The van der Waals surface area contributed by atoms with Gasteiger partial charge in [-0.3, -0.25) is 9.59 Å². The molecule has 6 atom stereocenters. The smallest absolute Gasteiger partial charge is 0.302 e. The topological polar surface area (TPSA) is 72.8 Å². The molecule has 5 nitrogen and oxygen atoms in total. The van der Waals surface area contributed by atoms with Crippen LogP contribution >= 0.6 is 0 Å². The second-order valence-corrected chi connectivity index (χ2v) is 10.1. The van der Waals surface area contributed by atoms with E-state index in [9.17, 15) is 14.7 Å². The summed E-state index contributed by atoms with van der Waals surface area (Å²) in [6, 6.07) is 0. The number of hydrogen-bond donors (Lipinski definition) is 1. The molecule has 0 heterocycles. The lowest BCUT2D eigenvalue weighted by atomic mass is 9.53. The zero-order valence-corrected chi connectivity index (χ0v) is 19.7. The molecule has 1 N–H and O–H groups in total. The molecule has 0 radical (unpaired) electrons. The predicted octanol–water partition coefficient (Wildman–Crippen LogP) is 5.06. The number of aliphatic hydroxyl groups is 1. The van der Waals surface area contributed by atoms with Gasteiger partial charge in [0.05, 0.1) is 6.61 Å². The maximum atomic E-state index is 11.6. The summed E-state index contributed by atoms with van der Waals surface area (Å²) in [5, 5.41) is 9.90. The lowest BCUT2D eigenvalue weighted by molar-refractivity contribution is -0.148. The van der Waals surface area contributed by atoms with Crippen molar-refractivity contribution in [3.8, 4) is 0 Å². The van der Waals surface area contributed by atoms with Gasteiger partial charge in [0.1, 0.15) is 6.10 Å². The van der Waals surface area contributed by atoms with Gasteiger partial charge in [-0.1, -0.05) is 32.9 Å². The van der Waals surface area contributed by atoms with Crippen molar-refractivity contribution >= 4 is 11.9 Å². The van der Waals surface area contributed by atoms with Gasteiger partial charge in [-0.05, 0) is 74.0 Å². The first-order valence-electron chi connectivity index (χ1n) is 11.7. The SMILES string of the molecule is C=C1CCC2[C@H](COC(C)=O)C([C@](C)(CCO)CC[C@@H](CC)OC(C)=O)CC[C@]12C. The number of aliphatic hydroxyl groups excluding tert-OH is 1. The fraction of sp³-hybridized carbons (Fsp3) is 0.840. The van der Waals surface area contributed by atoms with Crippen molar-refractivity contribution in [3.63, 3.8) is 0 Å². The van der Waals surface area contributed by atoms with Crippen molar-refractivity contribution in [2.45, 2.75) is 92.1 Å². The highest BCUT2D eigenvalue weighted by Gasteiger charge is 2.54. The molecular formula is C25H42O5. The summed E-state index contributed by atoms with van der Waals surface area (Å²) in [5.74, 6) is 0.593. The van der Waals surface area contributed by atoms with Crippen LogP contribution < -0.4 is 0 Å². The van der Waals surface area contributed by atoms with E-state index >= 15 is 0 Å². The Balaban J connectivity index is 2.27. The van der Waals surface area contributed by atoms with Gasteiger partial charge in [0.15, 0.2) is 0 Å². The van der Waals surface area contributed by atoms with Crippen LogP contribution in [0.25, 0.3) is 0 Å². The molecule has 30 heavy (non-hydrogen) atoms. The van der Waals surface area contributed by atoms with Crippen molar-refractivity contribution < 1.29 is 24.2 Å². The van der Waals surface area contributed by atoms with Gasteiger partial charge in [0.2, 0.25) is 0 Å². The van der Waals surface area contributed by atoms with E-state index in [1.807, 2.05) is 6.92 Å². The number of esters is 2. The van der Waals surface area contributed by atoms with Gasteiger partial charge in [-0.15, -0.1) is 0 Å². The Hall–Kier alpha value is -1.36. The Labute approximate surface area is 182 Å². The van der Waals surface area contributed by atoms with Crippen LogP contribution in [0, 0.1) is 28.6 Å². The van der Waals surface area contributed by atoms with Crippen LogP contribution in [0.2, 0.25) is 0 Å². The normalized spacial score (nSPS) is 31.5. The maximum Gasteiger partial charge on any atom is 0.302 e. The van der Waals surface area contributed by atoms with Gasteiger partial charge in [0.25, 0.3) is 0 Å². The Kier molecular flexibility index (Phi) is 8.55. The number of ether oxygens (including phenoxy) is 2. The molecule has 0 aromatic rings. The number of rotatable bonds is 10. The first-order chi connectivity index (χ1) is 14.1. The minimum atomic E-state index is -0.239. The summed E-state index contributed by atoms with van der Waals surface area (Å²) in [4.78, 5) is 23.1. The molecule has 2 unspecified atom stereocenters. The van der Waals surface area contributed by atoms with E-state index in [4.69, 9.17) is 9.47 Å². The molecule has 2 rings (SSSR count). The largest absolute Gasteiger partial charge is 0.466 e. The van der Waals surface area contributed by atoms with E-state index in [2.05, 4.69) is 20.4 Å². The molecule has 2 saturated carbocycles. The van der Waals surface area contributed by atoms with Crippen molar-refractivity contribution in [2.75, 3.05) is 13.2 Å². The van der Waals surface area contributed by atoms with E-state index in [0.717, 1.165) is 44.9 Å². The molecular weight excluding hydrogens is 380 g/mol. The van der Waals surface area contributed by atoms with Gasteiger partial charge < -0.3 is 14.6 Å². The fourth-order valence-corrected chi connectivity index (χ4v) is 6.33. The maximum absolute atomic E-state index is 11.6. The Morgan fingerprint density at radius 2 is 1.97 bits per heavy atom. The number of allylic oxidation sites excluding steroid dienone is 1. The molecule has 0 aromatic heterocycles. The van der Waals surface area contributed by atoms with Crippen LogP contribution in [0.4, 0.5) is 0 Å². The van der Waals surface area contributed by atoms with E-state index < -0.39 is 0 Å². The second kappa shape index (κ2) is 10.3. The van der Waals surface area contributed by atoms with Crippen LogP contribution in [-0.4, -0.2) is 36.4 Å².